The van der Waals surface area contributed by atoms with Crippen molar-refractivity contribution in [1.82, 2.24) is 4.98 Å². The second-order valence-electron chi connectivity index (χ2n) is 5.49. The number of hydrogen-bond acceptors (Lipinski definition) is 5. The summed E-state index contributed by atoms with van der Waals surface area (Å²) in [7, 11) is 0. The van der Waals surface area contributed by atoms with E-state index in [2.05, 4.69) is 10.3 Å². The van der Waals surface area contributed by atoms with Gasteiger partial charge in [0.1, 0.15) is 11.6 Å². The van der Waals surface area contributed by atoms with E-state index in [1.165, 1.54) is 24.5 Å². The fourth-order valence-electron chi connectivity index (χ4n) is 2.55. The maximum Gasteiger partial charge on any atom is 0.147 e. The zero-order chi connectivity index (χ0) is 18.5. The Bertz CT molecular complexity index is 944. The van der Waals surface area contributed by atoms with Crippen LogP contribution in [0.25, 0.3) is 11.1 Å². The van der Waals surface area contributed by atoms with Gasteiger partial charge in [-0.2, -0.15) is 0 Å². The van der Waals surface area contributed by atoms with E-state index in [0.717, 1.165) is 5.56 Å². The van der Waals surface area contributed by atoms with E-state index in [1.54, 1.807) is 12.1 Å². The Balaban J connectivity index is 1.89. The van der Waals surface area contributed by atoms with Gasteiger partial charge >= 0.3 is 0 Å². The van der Waals surface area contributed by atoms with Gasteiger partial charge in [0, 0.05) is 11.8 Å². The average Bonchev–Trinajstić information content (AvgIpc) is 2.64. The van der Waals surface area contributed by atoms with E-state index < -0.39 is 11.8 Å². The largest absolute Gasteiger partial charge is 0.545 e. The minimum absolute atomic E-state index is 0.0899. The maximum absolute atomic E-state index is 14.5. The van der Waals surface area contributed by atoms with Crippen molar-refractivity contribution in [2.24, 2.45) is 0 Å². The molecule has 0 amide bonds. The molecule has 1 heterocycles. The highest BCUT2D eigenvalue weighted by atomic mass is 19.1. The number of aromatic nitrogens is 1. The minimum atomic E-state index is -1.36. The smallest absolute Gasteiger partial charge is 0.147 e. The van der Waals surface area contributed by atoms with Gasteiger partial charge < -0.3 is 20.0 Å². The van der Waals surface area contributed by atoms with Crippen LogP contribution in [0, 0.1) is 5.82 Å². The molecule has 5 nitrogen and oxygen atoms in total. The highest BCUT2D eigenvalue weighted by Gasteiger charge is 2.09. The van der Waals surface area contributed by atoms with E-state index in [1.807, 2.05) is 31.2 Å². The van der Waals surface area contributed by atoms with E-state index in [4.69, 9.17) is 4.74 Å². The Morgan fingerprint density at radius 3 is 2.69 bits per heavy atom. The van der Waals surface area contributed by atoms with E-state index >= 15 is 0 Å². The molecular formula is C20H16FN2O3-. The molecule has 0 atom stereocenters. The normalized spacial score (nSPS) is 10.4. The molecule has 0 saturated carbocycles. The summed E-state index contributed by atoms with van der Waals surface area (Å²) in [6.07, 6.45) is 2.64. The lowest BCUT2D eigenvalue weighted by Gasteiger charge is -2.13. The number of nitrogens with zero attached hydrogens (tertiary/aromatic N) is 1. The third-order valence-corrected chi connectivity index (χ3v) is 3.76. The third-order valence-electron chi connectivity index (χ3n) is 3.76. The fraction of sp³-hybridized carbons (Fsp3) is 0.100. The zero-order valence-electron chi connectivity index (χ0n) is 14.0. The number of carboxylic acid groups (broad SMARTS) is 1. The lowest BCUT2D eigenvalue weighted by Crippen LogP contribution is -2.23. The molecule has 0 aliphatic carbocycles. The van der Waals surface area contributed by atoms with Crippen LogP contribution in [0.5, 0.6) is 5.75 Å². The van der Waals surface area contributed by atoms with Gasteiger partial charge in [0.05, 0.1) is 30.1 Å². The van der Waals surface area contributed by atoms with Crippen molar-refractivity contribution in [2.45, 2.75) is 6.92 Å². The molecule has 132 valence electrons. The number of benzene rings is 2. The first-order valence-electron chi connectivity index (χ1n) is 8.03. The molecule has 2 aromatic carbocycles. The molecule has 0 fully saturated rings. The third kappa shape index (κ3) is 3.80. The first-order chi connectivity index (χ1) is 12.6. The van der Waals surface area contributed by atoms with Gasteiger partial charge in [0.25, 0.3) is 0 Å². The average molecular weight is 351 g/mol. The summed E-state index contributed by atoms with van der Waals surface area (Å²) in [5, 5.41) is 13.9. The summed E-state index contributed by atoms with van der Waals surface area (Å²) in [6, 6.07) is 13.3. The quantitative estimate of drug-likeness (QED) is 0.737. The van der Waals surface area contributed by atoms with Crippen LogP contribution in [-0.4, -0.2) is 17.6 Å². The number of pyridine rings is 1. The van der Waals surface area contributed by atoms with Crippen LogP contribution in [0.2, 0.25) is 0 Å². The van der Waals surface area contributed by atoms with Crippen molar-refractivity contribution in [3.8, 4) is 16.9 Å². The van der Waals surface area contributed by atoms with Crippen LogP contribution in [0.4, 0.5) is 15.8 Å². The molecule has 0 spiro atoms. The lowest BCUT2D eigenvalue weighted by atomic mass is 10.0. The topological polar surface area (TPSA) is 74.3 Å². The summed E-state index contributed by atoms with van der Waals surface area (Å²) < 4.78 is 20.0. The van der Waals surface area contributed by atoms with Gasteiger partial charge in [-0.25, -0.2) is 4.39 Å². The molecule has 26 heavy (non-hydrogen) atoms. The van der Waals surface area contributed by atoms with Gasteiger partial charge in [0.2, 0.25) is 0 Å². The number of nitrogens with one attached hydrogen (secondary N) is 1. The molecule has 0 aliphatic rings. The van der Waals surface area contributed by atoms with Crippen molar-refractivity contribution >= 4 is 17.3 Å². The van der Waals surface area contributed by atoms with E-state index in [-0.39, 0.29) is 16.9 Å². The van der Waals surface area contributed by atoms with Gasteiger partial charge in [-0.05, 0) is 48.4 Å². The van der Waals surface area contributed by atoms with E-state index in [9.17, 15) is 14.3 Å². The summed E-state index contributed by atoms with van der Waals surface area (Å²) in [6.45, 7) is 2.44. The van der Waals surface area contributed by atoms with Crippen molar-refractivity contribution in [2.75, 3.05) is 11.9 Å². The molecular weight excluding hydrogens is 335 g/mol. The van der Waals surface area contributed by atoms with Crippen molar-refractivity contribution < 1.29 is 19.0 Å². The SMILES string of the molecule is CCOc1cccc(-c2ccc(Nc3cnccc3C(=O)[O-])c(F)c2)c1. The molecule has 1 aromatic heterocycles. The van der Waals surface area contributed by atoms with Gasteiger partial charge in [-0.15, -0.1) is 0 Å². The molecule has 6 heteroatoms. The number of hydrogen-bond donors (Lipinski definition) is 1. The molecule has 0 radical (unpaired) electrons. The van der Waals surface area contributed by atoms with Crippen LogP contribution in [0.15, 0.2) is 60.9 Å². The fourth-order valence-corrected chi connectivity index (χ4v) is 2.55. The lowest BCUT2D eigenvalue weighted by molar-refractivity contribution is -0.254. The van der Waals surface area contributed by atoms with Crippen LogP contribution >= 0.6 is 0 Å². The number of aromatic carboxylic acids is 1. The molecule has 3 aromatic rings. The number of ether oxygens (including phenoxy) is 1. The zero-order valence-corrected chi connectivity index (χ0v) is 14.0. The number of halogens is 1. The predicted octanol–water partition coefficient (Wildman–Crippen LogP) is 3.39. The van der Waals surface area contributed by atoms with Gasteiger partial charge in [-0.3, -0.25) is 4.98 Å². The number of carbonyl (C=O) groups is 1. The number of anilines is 2. The number of carbonyl (C=O) groups excluding carboxylic acids is 1. The molecule has 0 aliphatic heterocycles. The predicted molar refractivity (Wildman–Crippen MR) is 94.9 cm³/mol. The monoisotopic (exact) mass is 351 g/mol. The second kappa shape index (κ2) is 7.65. The Hall–Kier alpha value is -3.41. The molecule has 1 N–H and O–H groups in total. The minimum Gasteiger partial charge on any atom is -0.545 e. The summed E-state index contributed by atoms with van der Waals surface area (Å²) in [5.41, 5.74) is 1.72. The highest BCUT2D eigenvalue weighted by Crippen LogP contribution is 2.29. The number of carboxylic acids is 1. The van der Waals surface area contributed by atoms with Crippen molar-refractivity contribution in [3.63, 3.8) is 0 Å². The van der Waals surface area contributed by atoms with Crippen LogP contribution in [0.3, 0.4) is 0 Å². The first-order valence-corrected chi connectivity index (χ1v) is 8.03. The first kappa shape index (κ1) is 17.4. The summed E-state index contributed by atoms with van der Waals surface area (Å²) in [4.78, 5) is 15.0. The Labute approximate surface area is 150 Å². The summed E-state index contributed by atoms with van der Waals surface area (Å²) >= 11 is 0. The Morgan fingerprint density at radius 1 is 1.15 bits per heavy atom. The van der Waals surface area contributed by atoms with Crippen molar-refractivity contribution in [1.29, 1.82) is 0 Å². The molecule has 3 rings (SSSR count). The number of rotatable bonds is 6. The van der Waals surface area contributed by atoms with Crippen LogP contribution in [0.1, 0.15) is 17.3 Å². The van der Waals surface area contributed by atoms with Crippen LogP contribution in [-0.2, 0) is 0 Å². The standard InChI is InChI=1S/C20H17FN2O3/c1-2-26-15-5-3-4-13(10-15)14-6-7-18(17(21)11-14)23-19-12-22-9-8-16(19)20(24)25/h3-12,23H,2H2,1H3,(H,24,25)/p-1. The summed E-state index contributed by atoms with van der Waals surface area (Å²) in [5.74, 6) is -1.17. The maximum atomic E-state index is 14.5. The molecule has 0 bridgehead atoms. The van der Waals surface area contributed by atoms with Gasteiger partial charge in [0.15, 0.2) is 0 Å². The molecule has 0 saturated heterocycles. The Kier molecular flexibility index (Phi) is 5.12. The van der Waals surface area contributed by atoms with E-state index in [0.29, 0.717) is 17.9 Å². The van der Waals surface area contributed by atoms with Crippen LogP contribution < -0.4 is 15.2 Å². The van der Waals surface area contributed by atoms with Crippen molar-refractivity contribution in [3.05, 3.63) is 72.3 Å². The Morgan fingerprint density at radius 2 is 1.96 bits per heavy atom. The second-order valence-corrected chi connectivity index (χ2v) is 5.49. The molecule has 0 unspecified atom stereocenters. The highest BCUT2D eigenvalue weighted by molar-refractivity contribution is 5.93. The van der Waals surface area contributed by atoms with Gasteiger partial charge in [-0.1, -0.05) is 18.2 Å².